The van der Waals surface area contributed by atoms with Gasteiger partial charge in [0, 0.05) is 13.0 Å². The number of rotatable bonds is 4. The zero-order chi connectivity index (χ0) is 14.5. The van der Waals surface area contributed by atoms with Crippen molar-refractivity contribution in [1.82, 2.24) is 10.2 Å². The monoisotopic (exact) mass is 281 g/mol. The van der Waals surface area contributed by atoms with Crippen molar-refractivity contribution < 1.29 is 9.59 Å². The van der Waals surface area contributed by atoms with Crippen LogP contribution in [0.3, 0.4) is 0 Å². The minimum absolute atomic E-state index is 0.103. The summed E-state index contributed by atoms with van der Waals surface area (Å²) >= 11 is 0. The van der Waals surface area contributed by atoms with Gasteiger partial charge in [0.1, 0.15) is 6.04 Å². The van der Waals surface area contributed by atoms with Crippen molar-refractivity contribution >= 4 is 11.8 Å². The van der Waals surface area contributed by atoms with Crippen LogP contribution in [0.2, 0.25) is 0 Å². The maximum atomic E-state index is 12.5. The zero-order valence-electron chi connectivity index (χ0n) is 12.4. The maximum Gasteiger partial charge on any atom is 0.240 e. The lowest BCUT2D eigenvalue weighted by Gasteiger charge is -2.35. The van der Waals surface area contributed by atoms with Gasteiger partial charge in [0.05, 0.1) is 0 Å². The summed E-state index contributed by atoms with van der Waals surface area (Å²) < 4.78 is 0. The lowest BCUT2D eigenvalue weighted by molar-refractivity contribution is -0.142. The first-order chi connectivity index (χ1) is 9.59. The highest BCUT2D eigenvalue weighted by atomic mass is 16.2. The molecule has 0 spiro atoms. The van der Waals surface area contributed by atoms with Gasteiger partial charge in [0.2, 0.25) is 11.8 Å². The van der Waals surface area contributed by atoms with Gasteiger partial charge in [0.15, 0.2) is 0 Å². The molecule has 3 N–H and O–H groups in total. The molecule has 2 amide bonds. The number of carbonyl (C=O) groups is 2. The van der Waals surface area contributed by atoms with Crippen molar-refractivity contribution in [2.75, 3.05) is 19.6 Å². The highest BCUT2D eigenvalue weighted by Gasteiger charge is 2.32. The van der Waals surface area contributed by atoms with Crippen LogP contribution in [0.25, 0.3) is 0 Å². The molecule has 3 atom stereocenters. The Morgan fingerprint density at radius 2 is 2.10 bits per heavy atom. The first kappa shape index (κ1) is 15.3. The summed E-state index contributed by atoms with van der Waals surface area (Å²) in [5, 5.41) is 3.40. The maximum absolute atomic E-state index is 12.5. The molecule has 3 unspecified atom stereocenters. The Morgan fingerprint density at radius 3 is 2.75 bits per heavy atom. The molecule has 2 fully saturated rings. The van der Waals surface area contributed by atoms with E-state index in [4.69, 9.17) is 5.73 Å². The molecule has 0 aromatic heterocycles. The summed E-state index contributed by atoms with van der Waals surface area (Å²) in [5.41, 5.74) is 5.43. The minimum Gasteiger partial charge on any atom is -0.368 e. The largest absolute Gasteiger partial charge is 0.368 e. The Kier molecular flexibility index (Phi) is 5.40. The van der Waals surface area contributed by atoms with Crippen LogP contribution in [-0.2, 0) is 9.59 Å². The number of nitrogens with two attached hydrogens (primary N) is 1. The summed E-state index contributed by atoms with van der Waals surface area (Å²) in [4.78, 5) is 25.7. The highest BCUT2D eigenvalue weighted by molar-refractivity contribution is 5.86. The molecule has 0 saturated carbocycles. The van der Waals surface area contributed by atoms with Crippen molar-refractivity contribution in [2.45, 2.75) is 51.5 Å². The van der Waals surface area contributed by atoms with Gasteiger partial charge in [0.25, 0.3) is 0 Å². The van der Waals surface area contributed by atoms with Crippen molar-refractivity contribution in [3.8, 4) is 0 Å². The third kappa shape index (κ3) is 3.72. The highest BCUT2D eigenvalue weighted by Crippen LogP contribution is 2.25. The molecule has 0 bridgehead atoms. The Bertz CT molecular complexity index is 353. The fourth-order valence-corrected chi connectivity index (χ4v) is 3.45. The van der Waals surface area contributed by atoms with Gasteiger partial charge in [-0.2, -0.15) is 0 Å². The summed E-state index contributed by atoms with van der Waals surface area (Å²) in [7, 11) is 0. The van der Waals surface area contributed by atoms with E-state index >= 15 is 0 Å². The van der Waals surface area contributed by atoms with E-state index in [-0.39, 0.29) is 17.9 Å². The van der Waals surface area contributed by atoms with Gasteiger partial charge in [-0.3, -0.25) is 9.59 Å². The lowest BCUT2D eigenvalue weighted by Crippen LogP contribution is -2.51. The molecule has 2 rings (SSSR count). The van der Waals surface area contributed by atoms with Crippen molar-refractivity contribution in [3.63, 3.8) is 0 Å². The number of nitrogens with one attached hydrogen (secondary N) is 1. The van der Waals surface area contributed by atoms with Gasteiger partial charge < -0.3 is 16.0 Å². The van der Waals surface area contributed by atoms with E-state index in [1.165, 1.54) is 12.8 Å². The van der Waals surface area contributed by atoms with E-state index in [9.17, 15) is 9.59 Å². The number of hydrogen-bond acceptors (Lipinski definition) is 3. The lowest BCUT2D eigenvalue weighted by atomic mass is 9.85. The Hall–Kier alpha value is -1.10. The van der Waals surface area contributed by atoms with E-state index in [1.807, 2.05) is 0 Å². The molecule has 5 heteroatoms. The van der Waals surface area contributed by atoms with Crippen LogP contribution in [-0.4, -0.2) is 42.4 Å². The summed E-state index contributed by atoms with van der Waals surface area (Å²) in [5.74, 6) is 0.687. The molecule has 2 saturated heterocycles. The Labute approximate surface area is 121 Å². The number of carbonyl (C=O) groups excluding carboxylic acids is 2. The number of amides is 2. The predicted octanol–water partition coefficient (Wildman–Crippen LogP) is 0.879. The van der Waals surface area contributed by atoms with Crippen LogP contribution < -0.4 is 11.1 Å². The molecule has 5 nitrogen and oxygen atoms in total. The molecule has 0 radical (unpaired) electrons. The van der Waals surface area contributed by atoms with E-state index in [0.29, 0.717) is 24.8 Å². The second kappa shape index (κ2) is 7.07. The number of nitrogens with zero attached hydrogens (tertiary/aromatic N) is 1. The SMILES string of the molecule is CC(CC(=O)N1CCCCC1C(N)=O)C1CCCNC1. The summed E-state index contributed by atoms with van der Waals surface area (Å²) in [6.45, 7) is 4.93. The first-order valence-electron chi connectivity index (χ1n) is 7.89. The summed E-state index contributed by atoms with van der Waals surface area (Å²) in [6.07, 6.45) is 5.61. The van der Waals surface area contributed by atoms with Crippen LogP contribution in [0.4, 0.5) is 0 Å². The fraction of sp³-hybridized carbons (Fsp3) is 0.867. The standard InChI is InChI=1S/C15H27N3O2/c1-11(12-5-4-7-17-10-12)9-14(19)18-8-3-2-6-13(18)15(16)20/h11-13,17H,2-10H2,1H3,(H2,16,20). The van der Waals surface area contributed by atoms with Crippen LogP contribution in [0, 0.1) is 11.8 Å². The number of piperidine rings is 2. The molecule has 0 aromatic rings. The van der Waals surface area contributed by atoms with Crippen molar-refractivity contribution in [2.24, 2.45) is 17.6 Å². The van der Waals surface area contributed by atoms with Gasteiger partial charge in [-0.05, 0) is 57.0 Å². The van der Waals surface area contributed by atoms with Gasteiger partial charge in [-0.1, -0.05) is 6.92 Å². The topological polar surface area (TPSA) is 75.4 Å². The van der Waals surface area contributed by atoms with Crippen molar-refractivity contribution in [3.05, 3.63) is 0 Å². The zero-order valence-corrected chi connectivity index (χ0v) is 12.4. The third-order valence-corrected chi connectivity index (χ3v) is 4.79. The van der Waals surface area contributed by atoms with Crippen LogP contribution in [0.5, 0.6) is 0 Å². The van der Waals surface area contributed by atoms with E-state index in [0.717, 1.165) is 32.4 Å². The smallest absolute Gasteiger partial charge is 0.240 e. The van der Waals surface area contributed by atoms with Gasteiger partial charge in [-0.15, -0.1) is 0 Å². The summed E-state index contributed by atoms with van der Waals surface area (Å²) in [6, 6.07) is -0.382. The quantitative estimate of drug-likeness (QED) is 0.803. The minimum atomic E-state index is -0.382. The van der Waals surface area contributed by atoms with Crippen molar-refractivity contribution in [1.29, 1.82) is 0 Å². The normalized spacial score (nSPS) is 28.9. The first-order valence-corrected chi connectivity index (χ1v) is 7.89. The fourth-order valence-electron chi connectivity index (χ4n) is 3.45. The predicted molar refractivity (Wildman–Crippen MR) is 77.9 cm³/mol. The van der Waals surface area contributed by atoms with Crippen LogP contribution in [0.15, 0.2) is 0 Å². The van der Waals surface area contributed by atoms with Gasteiger partial charge in [-0.25, -0.2) is 0 Å². The third-order valence-electron chi connectivity index (χ3n) is 4.79. The van der Waals surface area contributed by atoms with Gasteiger partial charge >= 0.3 is 0 Å². The second-order valence-electron chi connectivity index (χ2n) is 6.29. The number of likely N-dealkylation sites (tertiary alicyclic amines) is 1. The van der Waals surface area contributed by atoms with Crippen LogP contribution in [0.1, 0.15) is 45.4 Å². The molecule has 0 aliphatic carbocycles. The molecule has 0 aromatic carbocycles. The average Bonchev–Trinajstić information content (AvgIpc) is 2.48. The number of hydrogen-bond donors (Lipinski definition) is 2. The Balaban J connectivity index is 1.90. The van der Waals surface area contributed by atoms with E-state index in [2.05, 4.69) is 12.2 Å². The molecule has 20 heavy (non-hydrogen) atoms. The molecule has 2 aliphatic heterocycles. The second-order valence-corrected chi connectivity index (χ2v) is 6.29. The molecule has 114 valence electrons. The van der Waals surface area contributed by atoms with Crippen LogP contribution >= 0.6 is 0 Å². The molecular weight excluding hydrogens is 254 g/mol. The number of primary amides is 1. The average molecular weight is 281 g/mol. The molecule has 2 aliphatic rings. The molecule has 2 heterocycles. The molecular formula is C15H27N3O2. The Morgan fingerprint density at radius 1 is 1.30 bits per heavy atom. The van der Waals surface area contributed by atoms with E-state index < -0.39 is 0 Å². The van der Waals surface area contributed by atoms with E-state index in [1.54, 1.807) is 4.90 Å².